The van der Waals surface area contributed by atoms with Crippen molar-refractivity contribution in [1.29, 1.82) is 0 Å². The van der Waals surface area contributed by atoms with Gasteiger partial charge < -0.3 is 14.6 Å². The van der Waals surface area contributed by atoms with Crippen LogP contribution in [0.25, 0.3) is 6.08 Å². The van der Waals surface area contributed by atoms with Gasteiger partial charge in [0.25, 0.3) is 5.91 Å². The van der Waals surface area contributed by atoms with Crippen LogP contribution in [0.2, 0.25) is 0 Å². The molecule has 1 amide bonds. The van der Waals surface area contributed by atoms with Crippen LogP contribution >= 0.6 is 24.0 Å². The number of hydrogen-bond donors (Lipinski definition) is 1. The van der Waals surface area contributed by atoms with Crippen LogP contribution in [0.15, 0.2) is 23.1 Å². The fraction of sp³-hybridized carbons (Fsp3) is 0.542. The zero-order chi connectivity index (χ0) is 23.7. The van der Waals surface area contributed by atoms with E-state index in [2.05, 4.69) is 13.8 Å². The molecular formula is C24H33NO5S2. The minimum Gasteiger partial charge on any atom is -0.490 e. The number of hydrogen-bond acceptors (Lipinski definition) is 6. The molecule has 6 nitrogen and oxygen atoms in total. The van der Waals surface area contributed by atoms with Gasteiger partial charge in [0.2, 0.25) is 0 Å². The molecule has 32 heavy (non-hydrogen) atoms. The monoisotopic (exact) mass is 479 g/mol. The molecule has 1 N–H and O–H groups in total. The molecule has 1 fully saturated rings. The molecule has 0 radical (unpaired) electrons. The minimum absolute atomic E-state index is 0.0791. The number of amides is 1. The standard InChI is InChI=1S/C24H33NO5S2/c1-5-7-8-9-10-11-16(3)30-19-13-12-18(14-20(19)29-6-2)15-21-22(26)25(24(31)32-21)17(4)23(27)28/h12-17H,5-11H2,1-4H3,(H,27,28)/b21-15+/t16-,17+/m0/s1. The van der Waals surface area contributed by atoms with Crippen LogP contribution in [0.5, 0.6) is 11.5 Å². The molecule has 1 aromatic carbocycles. The number of aliphatic carboxylic acids is 1. The van der Waals surface area contributed by atoms with Gasteiger partial charge in [-0.15, -0.1) is 0 Å². The van der Waals surface area contributed by atoms with E-state index in [4.69, 9.17) is 21.7 Å². The molecule has 1 aromatic rings. The van der Waals surface area contributed by atoms with Crippen molar-refractivity contribution >= 4 is 46.3 Å². The number of ether oxygens (including phenoxy) is 2. The number of carbonyl (C=O) groups is 2. The summed E-state index contributed by atoms with van der Waals surface area (Å²) in [5.74, 6) is -0.197. The van der Waals surface area contributed by atoms with Crippen molar-refractivity contribution in [3.8, 4) is 11.5 Å². The summed E-state index contributed by atoms with van der Waals surface area (Å²) in [7, 11) is 0. The number of carboxylic acids is 1. The Morgan fingerprint density at radius 2 is 1.91 bits per heavy atom. The zero-order valence-corrected chi connectivity index (χ0v) is 20.9. The number of thiocarbonyl (C=S) groups is 1. The summed E-state index contributed by atoms with van der Waals surface area (Å²) in [4.78, 5) is 25.5. The first-order valence-corrected chi connectivity index (χ1v) is 12.4. The first-order valence-electron chi connectivity index (χ1n) is 11.2. The van der Waals surface area contributed by atoms with Gasteiger partial charge in [0, 0.05) is 0 Å². The number of unbranched alkanes of at least 4 members (excludes halogenated alkanes) is 4. The van der Waals surface area contributed by atoms with E-state index in [0.29, 0.717) is 23.0 Å². The molecule has 176 valence electrons. The second-order valence-electron chi connectivity index (χ2n) is 7.84. The lowest BCUT2D eigenvalue weighted by Crippen LogP contribution is -2.41. The second kappa shape index (κ2) is 12.8. The van der Waals surface area contributed by atoms with Gasteiger partial charge >= 0.3 is 5.97 Å². The lowest BCUT2D eigenvalue weighted by Gasteiger charge is -2.19. The van der Waals surface area contributed by atoms with Crippen molar-refractivity contribution < 1.29 is 24.2 Å². The summed E-state index contributed by atoms with van der Waals surface area (Å²) in [5.41, 5.74) is 0.761. The Hall–Kier alpha value is -2.06. The summed E-state index contributed by atoms with van der Waals surface area (Å²) in [6.45, 7) is 8.12. The van der Waals surface area contributed by atoms with Crippen LogP contribution in [0.4, 0.5) is 0 Å². The number of carbonyl (C=O) groups excluding carboxylic acids is 1. The Kier molecular flexibility index (Phi) is 10.5. The minimum atomic E-state index is -1.10. The van der Waals surface area contributed by atoms with Crippen molar-refractivity contribution in [2.75, 3.05) is 6.61 Å². The summed E-state index contributed by atoms with van der Waals surface area (Å²) >= 11 is 6.32. The van der Waals surface area contributed by atoms with E-state index in [0.717, 1.165) is 35.1 Å². The lowest BCUT2D eigenvalue weighted by atomic mass is 10.1. The molecule has 1 aliphatic heterocycles. The van der Waals surface area contributed by atoms with Crippen LogP contribution in [0.1, 0.15) is 71.8 Å². The van der Waals surface area contributed by atoms with E-state index < -0.39 is 17.9 Å². The number of benzene rings is 1. The molecule has 0 spiro atoms. The van der Waals surface area contributed by atoms with Gasteiger partial charge in [0.15, 0.2) is 11.5 Å². The average molecular weight is 480 g/mol. The predicted molar refractivity (Wildman–Crippen MR) is 133 cm³/mol. The molecule has 2 rings (SSSR count). The lowest BCUT2D eigenvalue weighted by molar-refractivity contribution is -0.144. The van der Waals surface area contributed by atoms with Gasteiger partial charge in [-0.1, -0.05) is 62.7 Å². The number of thioether (sulfide) groups is 1. The highest BCUT2D eigenvalue weighted by Gasteiger charge is 2.38. The van der Waals surface area contributed by atoms with Crippen molar-refractivity contribution in [3.05, 3.63) is 28.7 Å². The molecule has 0 unspecified atom stereocenters. The third-order valence-corrected chi connectivity index (χ3v) is 6.51. The molecule has 0 aromatic heterocycles. The Balaban J connectivity index is 2.11. The van der Waals surface area contributed by atoms with Crippen molar-refractivity contribution in [2.45, 2.75) is 78.4 Å². The summed E-state index contributed by atoms with van der Waals surface area (Å²) in [6, 6.07) is 4.54. The van der Waals surface area contributed by atoms with E-state index >= 15 is 0 Å². The largest absolute Gasteiger partial charge is 0.490 e. The van der Waals surface area contributed by atoms with Crippen molar-refractivity contribution in [1.82, 2.24) is 4.90 Å². The Morgan fingerprint density at radius 3 is 2.56 bits per heavy atom. The average Bonchev–Trinajstić information content (AvgIpc) is 3.02. The normalized spacial score (nSPS) is 17.0. The molecule has 0 bridgehead atoms. The predicted octanol–water partition coefficient (Wildman–Crippen LogP) is 5.89. The van der Waals surface area contributed by atoms with E-state index in [1.165, 1.54) is 32.6 Å². The van der Waals surface area contributed by atoms with Gasteiger partial charge in [-0.25, -0.2) is 4.79 Å². The van der Waals surface area contributed by atoms with Crippen LogP contribution in [-0.4, -0.2) is 45.0 Å². The number of rotatable bonds is 13. The van der Waals surface area contributed by atoms with Crippen LogP contribution < -0.4 is 9.47 Å². The Labute approximate surface area is 200 Å². The van der Waals surface area contributed by atoms with Crippen molar-refractivity contribution in [2.24, 2.45) is 0 Å². The second-order valence-corrected chi connectivity index (χ2v) is 9.51. The molecular weight excluding hydrogens is 446 g/mol. The number of carboxylic acid groups (broad SMARTS) is 1. The fourth-order valence-electron chi connectivity index (χ4n) is 3.37. The highest BCUT2D eigenvalue weighted by molar-refractivity contribution is 8.26. The highest BCUT2D eigenvalue weighted by atomic mass is 32.2. The molecule has 2 atom stereocenters. The molecule has 1 saturated heterocycles. The summed E-state index contributed by atoms with van der Waals surface area (Å²) in [6.07, 6.45) is 8.91. The van der Waals surface area contributed by atoms with Crippen molar-refractivity contribution in [3.63, 3.8) is 0 Å². The molecule has 1 aliphatic rings. The van der Waals surface area contributed by atoms with Gasteiger partial charge in [-0.2, -0.15) is 0 Å². The van der Waals surface area contributed by atoms with Gasteiger partial charge in [0.05, 0.1) is 17.6 Å². The first kappa shape index (κ1) is 26.2. The maximum atomic E-state index is 12.7. The van der Waals surface area contributed by atoms with Crippen LogP contribution in [0, 0.1) is 0 Å². The third-order valence-electron chi connectivity index (χ3n) is 5.18. The molecule has 0 aliphatic carbocycles. The van der Waals surface area contributed by atoms with Gasteiger partial charge in [0.1, 0.15) is 10.4 Å². The maximum Gasteiger partial charge on any atom is 0.326 e. The van der Waals surface area contributed by atoms with E-state index in [9.17, 15) is 14.7 Å². The van der Waals surface area contributed by atoms with E-state index in [1.807, 2.05) is 25.1 Å². The zero-order valence-electron chi connectivity index (χ0n) is 19.3. The molecule has 0 saturated carbocycles. The van der Waals surface area contributed by atoms with E-state index in [-0.39, 0.29) is 10.4 Å². The Bertz CT molecular complexity index is 855. The summed E-state index contributed by atoms with van der Waals surface area (Å²) in [5, 5.41) is 9.23. The fourth-order valence-corrected chi connectivity index (χ4v) is 4.79. The van der Waals surface area contributed by atoms with Gasteiger partial charge in [-0.05, 0) is 57.4 Å². The summed E-state index contributed by atoms with van der Waals surface area (Å²) < 4.78 is 12.2. The quantitative estimate of drug-likeness (QED) is 0.215. The highest BCUT2D eigenvalue weighted by Crippen LogP contribution is 2.36. The van der Waals surface area contributed by atoms with Crippen LogP contribution in [0.3, 0.4) is 0 Å². The smallest absolute Gasteiger partial charge is 0.326 e. The van der Waals surface area contributed by atoms with Crippen LogP contribution in [-0.2, 0) is 9.59 Å². The van der Waals surface area contributed by atoms with Gasteiger partial charge in [-0.3, -0.25) is 9.69 Å². The SMILES string of the molecule is CCCCCCC[C@H](C)Oc1ccc(/C=C2/SC(=S)N([C@H](C)C(=O)O)C2=O)cc1OCC. The molecule has 8 heteroatoms. The maximum absolute atomic E-state index is 12.7. The van der Waals surface area contributed by atoms with E-state index in [1.54, 1.807) is 6.08 Å². The third kappa shape index (κ3) is 7.24. The molecule has 1 heterocycles. The number of nitrogens with zero attached hydrogens (tertiary/aromatic N) is 1. The first-order chi connectivity index (χ1) is 15.3. The topological polar surface area (TPSA) is 76.1 Å². The Morgan fingerprint density at radius 1 is 1.19 bits per heavy atom.